The summed E-state index contributed by atoms with van der Waals surface area (Å²) >= 11 is 11.9. The summed E-state index contributed by atoms with van der Waals surface area (Å²) in [5, 5.41) is 19.8. The second-order valence-electron chi connectivity index (χ2n) is 4.63. The van der Waals surface area contributed by atoms with Crippen molar-refractivity contribution >= 4 is 40.9 Å². The normalized spacial score (nSPS) is 11.0. The number of hydrogen-bond donors (Lipinski definition) is 0. The van der Waals surface area contributed by atoms with Crippen LogP contribution in [0.3, 0.4) is 0 Å². The Hall–Kier alpha value is -2.82. The van der Waals surface area contributed by atoms with Gasteiger partial charge in [-0.25, -0.2) is 4.79 Å². The average Bonchev–Trinajstić information content (AvgIpc) is 3.02. The lowest BCUT2D eigenvalue weighted by molar-refractivity contribution is -0.384. The van der Waals surface area contributed by atoms with Gasteiger partial charge < -0.3 is 9.15 Å². The Balaban J connectivity index is 2.39. The standard InChI is InChI=1S/C16H10Cl2N2O5/c1-2-24-16(21)9(8-19)5-10-3-4-15(25-10)11-6-13(18)14(20(22)23)7-12(11)17/h3-7H,2H2,1H3/b9-5-. The minimum atomic E-state index is -0.764. The van der Waals surface area contributed by atoms with Crippen LogP contribution in [0.15, 0.2) is 34.3 Å². The fourth-order valence-corrected chi connectivity index (χ4v) is 2.41. The number of nitro groups is 1. The number of nitro benzene ring substituents is 1. The average molecular weight is 381 g/mol. The van der Waals surface area contributed by atoms with E-state index in [0.29, 0.717) is 5.56 Å². The molecule has 0 aliphatic carbocycles. The van der Waals surface area contributed by atoms with E-state index in [2.05, 4.69) is 0 Å². The molecule has 0 radical (unpaired) electrons. The van der Waals surface area contributed by atoms with Crippen LogP contribution < -0.4 is 0 Å². The zero-order valence-electron chi connectivity index (χ0n) is 12.8. The first-order chi connectivity index (χ1) is 11.9. The molecule has 0 spiro atoms. The van der Waals surface area contributed by atoms with E-state index in [0.717, 1.165) is 6.07 Å². The van der Waals surface area contributed by atoms with Crippen LogP contribution in [0.4, 0.5) is 5.69 Å². The molecule has 1 aromatic heterocycles. The summed E-state index contributed by atoms with van der Waals surface area (Å²) in [4.78, 5) is 21.8. The molecule has 9 heteroatoms. The second kappa shape index (κ2) is 7.83. The number of carbonyl (C=O) groups excluding carboxylic acids is 1. The molecule has 0 amide bonds. The zero-order chi connectivity index (χ0) is 18.6. The van der Waals surface area contributed by atoms with E-state index >= 15 is 0 Å². The largest absolute Gasteiger partial charge is 0.462 e. The van der Waals surface area contributed by atoms with Gasteiger partial charge in [-0.15, -0.1) is 0 Å². The molecule has 2 rings (SSSR count). The molecular formula is C16H10Cl2N2O5. The highest BCUT2D eigenvalue weighted by molar-refractivity contribution is 6.36. The van der Waals surface area contributed by atoms with Crippen molar-refractivity contribution in [1.29, 1.82) is 5.26 Å². The molecule has 7 nitrogen and oxygen atoms in total. The third-order valence-corrected chi connectivity index (χ3v) is 3.64. The molecule has 1 aromatic carbocycles. The lowest BCUT2D eigenvalue weighted by Crippen LogP contribution is -2.05. The van der Waals surface area contributed by atoms with Crippen molar-refractivity contribution in [2.24, 2.45) is 0 Å². The third kappa shape index (κ3) is 4.18. The van der Waals surface area contributed by atoms with Gasteiger partial charge in [0.15, 0.2) is 0 Å². The molecule has 0 saturated carbocycles. The maximum atomic E-state index is 11.6. The molecule has 0 unspecified atom stereocenters. The third-order valence-electron chi connectivity index (χ3n) is 3.03. The van der Waals surface area contributed by atoms with Crippen LogP contribution in [0, 0.1) is 21.4 Å². The van der Waals surface area contributed by atoms with Gasteiger partial charge >= 0.3 is 5.97 Å². The molecule has 0 aliphatic heterocycles. The summed E-state index contributed by atoms with van der Waals surface area (Å²) in [6, 6.07) is 7.21. The van der Waals surface area contributed by atoms with Gasteiger partial charge in [0.05, 0.1) is 16.6 Å². The number of halogens is 2. The van der Waals surface area contributed by atoms with Crippen molar-refractivity contribution in [3.63, 3.8) is 0 Å². The Labute approximate surface area is 152 Å². The van der Waals surface area contributed by atoms with E-state index in [-0.39, 0.29) is 39.4 Å². The smallest absolute Gasteiger partial charge is 0.349 e. The molecule has 128 valence electrons. The van der Waals surface area contributed by atoms with Gasteiger partial charge in [-0.1, -0.05) is 23.2 Å². The molecular weight excluding hydrogens is 371 g/mol. The number of benzene rings is 1. The second-order valence-corrected chi connectivity index (χ2v) is 5.45. The van der Waals surface area contributed by atoms with Crippen LogP contribution in [0.5, 0.6) is 0 Å². The topological polar surface area (TPSA) is 106 Å². The summed E-state index contributed by atoms with van der Waals surface area (Å²) in [5.41, 5.74) is -0.210. The van der Waals surface area contributed by atoms with Gasteiger partial charge in [0.25, 0.3) is 5.69 Å². The molecule has 2 aromatic rings. The predicted molar refractivity (Wildman–Crippen MR) is 91.0 cm³/mol. The van der Waals surface area contributed by atoms with Crippen molar-refractivity contribution < 1.29 is 18.9 Å². The molecule has 0 saturated heterocycles. The monoisotopic (exact) mass is 380 g/mol. The van der Waals surface area contributed by atoms with Gasteiger partial charge in [0, 0.05) is 17.7 Å². The number of ether oxygens (including phenoxy) is 1. The van der Waals surface area contributed by atoms with Crippen molar-refractivity contribution in [2.45, 2.75) is 6.92 Å². The Kier molecular flexibility index (Phi) is 5.80. The number of rotatable bonds is 5. The minimum absolute atomic E-state index is 0.0758. The summed E-state index contributed by atoms with van der Waals surface area (Å²) in [6.45, 7) is 1.76. The van der Waals surface area contributed by atoms with Crippen LogP contribution in [0.2, 0.25) is 10.0 Å². The molecule has 0 bridgehead atoms. The number of hydrogen-bond acceptors (Lipinski definition) is 6. The van der Waals surface area contributed by atoms with E-state index < -0.39 is 10.9 Å². The minimum Gasteiger partial charge on any atom is -0.462 e. The highest BCUT2D eigenvalue weighted by atomic mass is 35.5. The molecule has 0 atom stereocenters. The summed E-state index contributed by atoms with van der Waals surface area (Å²) in [6.07, 6.45) is 1.22. The molecule has 1 heterocycles. The van der Waals surface area contributed by atoms with Gasteiger partial charge in [-0.05, 0) is 25.1 Å². The highest BCUT2D eigenvalue weighted by Gasteiger charge is 2.19. The number of furan rings is 1. The van der Waals surface area contributed by atoms with E-state index in [1.165, 1.54) is 24.3 Å². The first kappa shape index (κ1) is 18.5. The van der Waals surface area contributed by atoms with Gasteiger partial charge in [0.1, 0.15) is 28.2 Å². The van der Waals surface area contributed by atoms with E-state index in [1.807, 2.05) is 0 Å². The molecule has 0 N–H and O–H groups in total. The number of carbonyl (C=O) groups is 1. The van der Waals surface area contributed by atoms with Gasteiger partial charge in [-0.3, -0.25) is 10.1 Å². The number of nitriles is 1. The highest BCUT2D eigenvalue weighted by Crippen LogP contribution is 2.37. The van der Waals surface area contributed by atoms with Crippen LogP contribution in [-0.4, -0.2) is 17.5 Å². The number of esters is 1. The van der Waals surface area contributed by atoms with E-state index in [9.17, 15) is 14.9 Å². The van der Waals surface area contributed by atoms with Crippen molar-refractivity contribution in [3.8, 4) is 17.4 Å². The lowest BCUT2D eigenvalue weighted by atomic mass is 10.1. The quantitative estimate of drug-likeness (QED) is 0.246. The molecule has 25 heavy (non-hydrogen) atoms. The van der Waals surface area contributed by atoms with Crippen molar-refractivity contribution in [3.05, 3.63) is 55.8 Å². The Morgan fingerprint density at radius 1 is 1.40 bits per heavy atom. The van der Waals surface area contributed by atoms with Gasteiger partial charge in [-0.2, -0.15) is 5.26 Å². The Bertz CT molecular complexity index is 912. The van der Waals surface area contributed by atoms with Crippen LogP contribution in [0.1, 0.15) is 12.7 Å². The summed E-state index contributed by atoms with van der Waals surface area (Å²) in [5.74, 6) is -0.279. The van der Waals surface area contributed by atoms with Gasteiger partial charge in [0.2, 0.25) is 0 Å². The first-order valence-electron chi connectivity index (χ1n) is 6.90. The van der Waals surface area contributed by atoms with E-state index in [4.69, 9.17) is 37.6 Å². The number of nitrogens with zero attached hydrogens (tertiary/aromatic N) is 2. The van der Waals surface area contributed by atoms with E-state index in [1.54, 1.807) is 13.0 Å². The van der Waals surface area contributed by atoms with Crippen molar-refractivity contribution in [1.82, 2.24) is 0 Å². The Morgan fingerprint density at radius 2 is 2.12 bits per heavy atom. The lowest BCUT2D eigenvalue weighted by Gasteiger charge is -2.03. The Morgan fingerprint density at radius 3 is 2.72 bits per heavy atom. The summed E-state index contributed by atoms with van der Waals surface area (Å²) in [7, 11) is 0. The maximum absolute atomic E-state index is 11.6. The fraction of sp³-hybridized carbons (Fsp3) is 0.125. The zero-order valence-corrected chi connectivity index (χ0v) is 14.3. The van der Waals surface area contributed by atoms with Crippen LogP contribution in [-0.2, 0) is 9.53 Å². The predicted octanol–water partition coefficient (Wildman–Crippen LogP) is 4.63. The maximum Gasteiger partial charge on any atom is 0.349 e. The first-order valence-corrected chi connectivity index (χ1v) is 7.65. The fourth-order valence-electron chi connectivity index (χ4n) is 1.93. The van der Waals surface area contributed by atoms with Crippen molar-refractivity contribution in [2.75, 3.05) is 6.61 Å². The summed E-state index contributed by atoms with van der Waals surface area (Å²) < 4.78 is 10.3. The molecule has 0 fully saturated rings. The van der Waals surface area contributed by atoms with Crippen LogP contribution >= 0.6 is 23.2 Å². The molecule has 0 aliphatic rings. The SMILES string of the molecule is CCOC(=O)/C(C#N)=C\c1ccc(-c2cc(Cl)c([N+](=O)[O-])cc2Cl)o1. The van der Waals surface area contributed by atoms with Crippen LogP contribution in [0.25, 0.3) is 17.4 Å².